The van der Waals surface area contributed by atoms with Crippen molar-refractivity contribution in [3.8, 4) is 5.75 Å². The standard InChI is InChI=1S/C15H20ClNO2/c16-14-7-12-3-6-19-15(12)13(8-14)10-18-9-11-1-4-17-5-2-11/h7-8,11,17H,1-6,9-10H2. The molecule has 0 saturated carbocycles. The van der Waals surface area contributed by atoms with Gasteiger partial charge in [-0.05, 0) is 49.5 Å². The summed E-state index contributed by atoms with van der Waals surface area (Å²) < 4.78 is 11.6. The van der Waals surface area contributed by atoms with E-state index in [1.807, 2.05) is 12.1 Å². The number of benzene rings is 1. The third kappa shape index (κ3) is 3.22. The minimum Gasteiger partial charge on any atom is -0.493 e. The summed E-state index contributed by atoms with van der Waals surface area (Å²) >= 11 is 6.14. The molecule has 2 heterocycles. The summed E-state index contributed by atoms with van der Waals surface area (Å²) in [5.74, 6) is 1.68. The van der Waals surface area contributed by atoms with E-state index in [9.17, 15) is 0 Å². The maximum absolute atomic E-state index is 6.14. The first-order chi connectivity index (χ1) is 9.33. The molecule has 2 aliphatic heterocycles. The molecule has 1 saturated heterocycles. The number of nitrogens with one attached hydrogen (secondary N) is 1. The molecule has 1 aromatic carbocycles. The number of hydrogen-bond donors (Lipinski definition) is 1. The van der Waals surface area contributed by atoms with Crippen molar-refractivity contribution in [3.63, 3.8) is 0 Å². The van der Waals surface area contributed by atoms with Crippen molar-refractivity contribution in [2.24, 2.45) is 5.92 Å². The van der Waals surface area contributed by atoms with Gasteiger partial charge in [-0.25, -0.2) is 0 Å². The van der Waals surface area contributed by atoms with Crippen LogP contribution in [0, 0.1) is 5.92 Å². The molecule has 0 unspecified atom stereocenters. The van der Waals surface area contributed by atoms with E-state index in [0.717, 1.165) is 49.1 Å². The van der Waals surface area contributed by atoms with Crippen LogP contribution in [-0.2, 0) is 17.8 Å². The SMILES string of the molecule is Clc1cc2c(c(COCC3CCNCC3)c1)OCC2. The Morgan fingerprint density at radius 2 is 2.16 bits per heavy atom. The Hall–Kier alpha value is -0.770. The maximum Gasteiger partial charge on any atom is 0.128 e. The molecule has 104 valence electrons. The summed E-state index contributed by atoms with van der Waals surface area (Å²) in [5.41, 5.74) is 2.31. The molecule has 1 aromatic rings. The molecule has 0 aliphatic carbocycles. The lowest BCUT2D eigenvalue weighted by molar-refractivity contribution is 0.0751. The van der Waals surface area contributed by atoms with Crippen molar-refractivity contribution in [2.45, 2.75) is 25.9 Å². The zero-order valence-electron chi connectivity index (χ0n) is 11.1. The zero-order valence-corrected chi connectivity index (χ0v) is 11.8. The summed E-state index contributed by atoms with van der Waals surface area (Å²) in [6.07, 6.45) is 3.38. The van der Waals surface area contributed by atoms with Gasteiger partial charge < -0.3 is 14.8 Å². The van der Waals surface area contributed by atoms with Crippen LogP contribution in [0.4, 0.5) is 0 Å². The molecule has 1 fully saturated rings. The van der Waals surface area contributed by atoms with Gasteiger partial charge in [0.25, 0.3) is 0 Å². The monoisotopic (exact) mass is 281 g/mol. The van der Waals surface area contributed by atoms with E-state index in [-0.39, 0.29) is 0 Å². The highest BCUT2D eigenvalue weighted by molar-refractivity contribution is 6.30. The zero-order chi connectivity index (χ0) is 13.1. The van der Waals surface area contributed by atoms with Gasteiger partial charge in [0.2, 0.25) is 0 Å². The van der Waals surface area contributed by atoms with Crippen LogP contribution < -0.4 is 10.1 Å². The van der Waals surface area contributed by atoms with Crippen LogP contribution in [0.2, 0.25) is 5.02 Å². The Labute approximate surface area is 119 Å². The van der Waals surface area contributed by atoms with Gasteiger partial charge in [-0.15, -0.1) is 0 Å². The average molecular weight is 282 g/mol. The smallest absolute Gasteiger partial charge is 0.128 e. The molecule has 0 aromatic heterocycles. The maximum atomic E-state index is 6.14. The first-order valence-electron chi connectivity index (χ1n) is 7.05. The Bertz CT molecular complexity index is 444. The molecule has 3 nitrogen and oxygen atoms in total. The van der Waals surface area contributed by atoms with E-state index < -0.39 is 0 Å². The number of ether oxygens (including phenoxy) is 2. The highest BCUT2D eigenvalue weighted by atomic mass is 35.5. The van der Waals surface area contributed by atoms with E-state index in [2.05, 4.69) is 5.32 Å². The molecule has 0 spiro atoms. The fraction of sp³-hybridized carbons (Fsp3) is 0.600. The number of hydrogen-bond acceptors (Lipinski definition) is 3. The van der Waals surface area contributed by atoms with Gasteiger partial charge in [0.05, 0.1) is 13.2 Å². The third-order valence-electron chi connectivity index (χ3n) is 3.90. The summed E-state index contributed by atoms with van der Waals surface area (Å²) in [6, 6.07) is 3.97. The minimum absolute atomic E-state index is 0.604. The normalized spacial score (nSPS) is 19.2. The Morgan fingerprint density at radius 3 is 3.00 bits per heavy atom. The average Bonchev–Trinajstić information content (AvgIpc) is 2.88. The quantitative estimate of drug-likeness (QED) is 0.921. The Kier molecular flexibility index (Phi) is 4.26. The number of halogens is 1. The first kappa shape index (κ1) is 13.2. The van der Waals surface area contributed by atoms with Gasteiger partial charge >= 0.3 is 0 Å². The predicted molar refractivity (Wildman–Crippen MR) is 75.9 cm³/mol. The lowest BCUT2D eigenvalue weighted by Crippen LogP contribution is -2.29. The van der Waals surface area contributed by atoms with Crippen molar-refractivity contribution in [2.75, 3.05) is 26.3 Å². The summed E-state index contributed by atoms with van der Waals surface area (Å²) in [4.78, 5) is 0. The molecule has 1 N–H and O–H groups in total. The Morgan fingerprint density at radius 1 is 1.32 bits per heavy atom. The largest absolute Gasteiger partial charge is 0.493 e. The van der Waals surface area contributed by atoms with E-state index in [1.165, 1.54) is 18.4 Å². The van der Waals surface area contributed by atoms with Crippen molar-refractivity contribution in [1.82, 2.24) is 5.32 Å². The number of piperidine rings is 1. The van der Waals surface area contributed by atoms with Crippen LogP contribution in [0.1, 0.15) is 24.0 Å². The highest BCUT2D eigenvalue weighted by Crippen LogP contribution is 2.33. The summed E-state index contributed by atoms with van der Waals surface area (Å²) in [7, 11) is 0. The van der Waals surface area contributed by atoms with Crippen LogP contribution in [0.15, 0.2) is 12.1 Å². The van der Waals surface area contributed by atoms with E-state index in [4.69, 9.17) is 21.1 Å². The molecule has 0 bridgehead atoms. The minimum atomic E-state index is 0.604. The highest BCUT2D eigenvalue weighted by Gasteiger charge is 2.18. The van der Waals surface area contributed by atoms with E-state index in [0.29, 0.717) is 12.5 Å². The summed E-state index contributed by atoms with van der Waals surface area (Å²) in [5, 5.41) is 4.15. The lowest BCUT2D eigenvalue weighted by atomic mass is 9.99. The van der Waals surface area contributed by atoms with Crippen molar-refractivity contribution in [3.05, 3.63) is 28.3 Å². The molecule has 4 heteroatoms. The van der Waals surface area contributed by atoms with Crippen LogP contribution in [0.3, 0.4) is 0 Å². The Balaban J connectivity index is 1.57. The van der Waals surface area contributed by atoms with Gasteiger partial charge in [0, 0.05) is 23.6 Å². The van der Waals surface area contributed by atoms with Crippen LogP contribution >= 0.6 is 11.6 Å². The molecule has 2 aliphatic rings. The molecular weight excluding hydrogens is 262 g/mol. The van der Waals surface area contributed by atoms with Crippen LogP contribution in [0.5, 0.6) is 5.75 Å². The molecule has 19 heavy (non-hydrogen) atoms. The topological polar surface area (TPSA) is 30.5 Å². The van der Waals surface area contributed by atoms with E-state index in [1.54, 1.807) is 0 Å². The fourth-order valence-electron chi connectivity index (χ4n) is 2.84. The molecule has 3 rings (SSSR count). The van der Waals surface area contributed by atoms with Gasteiger partial charge in [-0.1, -0.05) is 11.6 Å². The van der Waals surface area contributed by atoms with Gasteiger partial charge in [-0.2, -0.15) is 0 Å². The van der Waals surface area contributed by atoms with E-state index >= 15 is 0 Å². The second kappa shape index (κ2) is 6.12. The van der Waals surface area contributed by atoms with Crippen LogP contribution in [-0.4, -0.2) is 26.3 Å². The molecule has 0 radical (unpaired) electrons. The van der Waals surface area contributed by atoms with Gasteiger partial charge in [0.15, 0.2) is 0 Å². The fourth-order valence-corrected chi connectivity index (χ4v) is 3.10. The predicted octanol–water partition coefficient (Wildman–Crippen LogP) is 2.79. The second-order valence-corrected chi connectivity index (χ2v) is 5.80. The van der Waals surface area contributed by atoms with Crippen molar-refractivity contribution in [1.29, 1.82) is 0 Å². The third-order valence-corrected chi connectivity index (χ3v) is 4.11. The summed E-state index contributed by atoms with van der Waals surface area (Å²) in [6.45, 7) is 4.43. The van der Waals surface area contributed by atoms with Gasteiger partial charge in [-0.3, -0.25) is 0 Å². The van der Waals surface area contributed by atoms with Crippen LogP contribution in [0.25, 0.3) is 0 Å². The second-order valence-electron chi connectivity index (χ2n) is 5.36. The number of fused-ring (bicyclic) bond motifs is 1. The molecule has 0 atom stereocenters. The first-order valence-corrected chi connectivity index (χ1v) is 7.43. The lowest BCUT2D eigenvalue weighted by Gasteiger charge is -2.22. The van der Waals surface area contributed by atoms with Crippen molar-refractivity contribution < 1.29 is 9.47 Å². The van der Waals surface area contributed by atoms with Crippen molar-refractivity contribution >= 4 is 11.6 Å². The van der Waals surface area contributed by atoms with Gasteiger partial charge in [0.1, 0.15) is 5.75 Å². The molecule has 0 amide bonds. The molecular formula is C15H20ClNO2. The number of rotatable bonds is 4.